The van der Waals surface area contributed by atoms with Crippen LogP contribution in [0.4, 0.5) is 8.78 Å². The Bertz CT molecular complexity index is 528. The number of alkyl halides is 2. The maximum Gasteiger partial charge on any atom is 0.273 e. The van der Waals surface area contributed by atoms with Crippen LogP contribution in [0.15, 0.2) is 54.6 Å². The van der Waals surface area contributed by atoms with Gasteiger partial charge in [-0.05, 0) is 37.4 Å². The Balaban J connectivity index is 1.38. The van der Waals surface area contributed by atoms with Gasteiger partial charge >= 0.3 is 0 Å². The summed E-state index contributed by atoms with van der Waals surface area (Å²) < 4.78 is 32.6. The quantitative estimate of drug-likeness (QED) is 0.529. The van der Waals surface area contributed by atoms with Crippen LogP contribution in [0.25, 0.3) is 0 Å². The van der Waals surface area contributed by atoms with E-state index in [1.165, 1.54) is 18.1 Å². The molecule has 1 aromatic rings. The molecule has 2 rings (SSSR count). The molecule has 0 saturated heterocycles. The number of ether oxygens (including phenoxy) is 1. The summed E-state index contributed by atoms with van der Waals surface area (Å²) in [6.07, 6.45) is 10.5. The van der Waals surface area contributed by atoms with Gasteiger partial charge in [-0.25, -0.2) is 8.78 Å². The van der Waals surface area contributed by atoms with Gasteiger partial charge in [-0.3, -0.25) is 0 Å². The van der Waals surface area contributed by atoms with Crippen LogP contribution in [-0.4, -0.2) is 25.7 Å². The summed E-state index contributed by atoms with van der Waals surface area (Å²) in [5.41, 5.74) is 1.31. The maximum absolute atomic E-state index is 13.6. The van der Waals surface area contributed by atoms with Crippen LogP contribution in [0.2, 0.25) is 0 Å². The van der Waals surface area contributed by atoms with E-state index in [1.54, 1.807) is 12.2 Å². The molecule has 2 nitrogen and oxygen atoms in total. The third-order valence-electron chi connectivity index (χ3n) is 4.40. The highest BCUT2D eigenvalue weighted by atomic mass is 19.3. The number of nitrogens with one attached hydrogen (secondary N) is 1. The molecular formula is C21H29F2NO. The second-order valence-corrected chi connectivity index (χ2v) is 6.50. The molecule has 138 valence electrons. The molecule has 1 aromatic carbocycles. The molecule has 0 aliphatic heterocycles. The largest absolute Gasteiger partial charge is 0.381 e. The Morgan fingerprint density at radius 2 is 1.76 bits per heavy atom. The fourth-order valence-corrected chi connectivity index (χ4v) is 2.87. The fourth-order valence-electron chi connectivity index (χ4n) is 2.87. The minimum atomic E-state index is -2.73. The molecule has 25 heavy (non-hydrogen) atoms. The van der Waals surface area contributed by atoms with Crippen LogP contribution in [0.1, 0.15) is 37.7 Å². The van der Waals surface area contributed by atoms with Crippen molar-refractivity contribution in [1.29, 1.82) is 0 Å². The SMILES string of the molecule is FC1(F)C=CC=CC1CCOCCCCCCNCc1ccccc1. The lowest BCUT2D eigenvalue weighted by Gasteiger charge is -2.23. The van der Waals surface area contributed by atoms with E-state index >= 15 is 0 Å². The lowest BCUT2D eigenvalue weighted by Crippen LogP contribution is -2.27. The Morgan fingerprint density at radius 1 is 0.960 bits per heavy atom. The van der Waals surface area contributed by atoms with E-state index in [0.717, 1.165) is 38.4 Å². The minimum absolute atomic E-state index is 0.372. The zero-order chi connectivity index (χ0) is 17.8. The molecule has 0 heterocycles. The van der Waals surface area contributed by atoms with E-state index in [1.807, 2.05) is 6.07 Å². The first-order valence-corrected chi connectivity index (χ1v) is 9.25. The van der Waals surface area contributed by atoms with Gasteiger partial charge in [0.15, 0.2) is 0 Å². The zero-order valence-electron chi connectivity index (χ0n) is 14.8. The van der Waals surface area contributed by atoms with Crippen molar-refractivity contribution >= 4 is 0 Å². The first-order chi connectivity index (χ1) is 12.2. The van der Waals surface area contributed by atoms with Crippen molar-refractivity contribution in [3.05, 3.63) is 60.2 Å². The summed E-state index contributed by atoms with van der Waals surface area (Å²) in [6, 6.07) is 10.4. The molecule has 0 aromatic heterocycles. The number of hydrogen-bond donors (Lipinski definition) is 1. The third-order valence-corrected chi connectivity index (χ3v) is 4.40. The molecule has 1 atom stereocenters. The van der Waals surface area contributed by atoms with Crippen LogP contribution < -0.4 is 5.32 Å². The van der Waals surface area contributed by atoms with Crippen molar-refractivity contribution in [2.24, 2.45) is 5.92 Å². The summed E-state index contributed by atoms with van der Waals surface area (Å²) in [5.74, 6) is -3.46. The average molecular weight is 349 g/mol. The first kappa shape index (κ1) is 19.8. The highest BCUT2D eigenvalue weighted by Crippen LogP contribution is 2.32. The van der Waals surface area contributed by atoms with Gasteiger partial charge < -0.3 is 10.1 Å². The molecule has 1 aliphatic carbocycles. The summed E-state index contributed by atoms with van der Waals surface area (Å²) in [7, 11) is 0. The second-order valence-electron chi connectivity index (χ2n) is 6.50. The zero-order valence-corrected chi connectivity index (χ0v) is 14.8. The Kier molecular flexibility index (Phi) is 8.84. The Labute approximate surface area is 150 Å². The fraction of sp³-hybridized carbons (Fsp3) is 0.524. The molecule has 0 radical (unpaired) electrons. The van der Waals surface area contributed by atoms with Gasteiger partial charge in [0.05, 0.1) is 0 Å². The monoisotopic (exact) mass is 349 g/mol. The predicted octanol–water partition coefficient (Wildman–Crippen LogP) is 5.12. The molecule has 1 aliphatic rings. The third kappa shape index (κ3) is 7.93. The normalized spacial score (nSPS) is 18.6. The number of benzene rings is 1. The van der Waals surface area contributed by atoms with Crippen molar-refractivity contribution < 1.29 is 13.5 Å². The highest BCUT2D eigenvalue weighted by molar-refractivity contribution is 5.18. The number of allylic oxidation sites excluding steroid dienone is 4. The topological polar surface area (TPSA) is 21.3 Å². The van der Waals surface area contributed by atoms with Crippen molar-refractivity contribution in [2.75, 3.05) is 19.8 Å². The number of unbranched alkanes of at least 4 members (excludes halogenated alkanes) is 3. The molecule has 1 unspecified atom stereocenters. The lowest BCUT2D eigenvalue weighted by atomic mass is 9.94. The summed E-state index contributed by atoms with van der Waals surface area (Å²) in [6.45, 7) is 3.00. The van der Waals surface area contributed by atoms with Crippen LogP contribution >= 0.6 is 0 Å². The highest BCUT2D eigenvalue weighted by Gasteiger charge is 2.35. The van der Waals surface area contributed by atoms with Gasteiger partial charge in [-0.15, -0.1) is 0 Å². The van der Waals surface area contributed by atoms with Gasteiger partial charge in [-0.1, -0.05) is 61.4 Å². The second kappa shape index (κ2) is 11.2. The number of halogens is 2. The van der Waals surface area contributed by atoms with Crippen LogP contribution in [0.5, 0.6) is 0 Å². The molecule has 1 N–H and O–H groups in total. The van der Waals surface area contributed by atoms with Crippen LogP contribution in [0.3, 0.4) is 0 Å². The van der Waals surface area contributed by atoms with Gasteiger partial charge in [0.2, 0.25) is 0 Å². The number of rotatable bonds is 12. The smallest absolute Gasteiger partial charge is 0.273 e. The van der Waals surface area contributed by atoms with Crippen molar-refractivity contribution in [2.45, 2.75) is 44.6 Å². The average Bonchev–Trinajstić information content (AvgIpc) is 2.61. The summed E-state index contributed by atoms with van der Waals surface area (Å²) in [4.78, 5) is 0. The van der Waals surface area contributed by atoms with E-state index in [9.17, 15) is 8.78 Å². The lowest BCUT2D eigenvalue weighted by molar-refractivity contribution is -0.00638. The van der Waals surface area contributed by atoms with Crippen molar-refractivity contribution in [3.8, 4) is 0 Å². The molecule has 0 amide bonds. The number of hydrogen-bond acceptors (Lipinski definition) is 2. The standard InChI is InChI=1S/C21H29F2NO/c22-21(23)14-7-6-12-20(21)13-17-25-16-9-2-1-8-15-24-18-19-10-4-3-5-11-19/h3-7,10-12,14,20,24H,1-2,8-9,13,15-18H2. The van der Waals surface area contributed by atoms with Crippen molar-refractivity contribution in [3.63, 3.8) is 0 Å². The first-order valence-electron chi connectivity index (χ1n) is 9.25. The van der Waals surface area contributed by atoms with Crippen LogP contribution in [0, 0.1) is 5.92 Å². The van der Waals surface area contributed by atoms with E-state index < -0.39 is 11.8 Å². The predicted molar refractivity (Wildman–Crippen MR) is 98.8 cm³/mol. The molecule has 0 saturated carbocycles. The van der Waals surface area contributed by atoms with Gasteiger partial charge in [0, 0.05) is 25.7 Å². The molecule has 0 bridgehead atoms. The van der Waals surface area contributed by atoms with E-state index in [4.69, 9.17) is 4.74 Å². The van der Waals surface area contributed by atoms with E-state index in [-0.39, 0.29) is 0 Å². The van der Waals surface area contributed by atoms with Crippen LogP contribution in [-0.2, 0) is 11.3 Å². The summed E-state index contributed by atoms with van der Waals surface area (Å²) >= 11 is 0. The van der Waals surface area contributed by atoms with E-state index in [0.29, 0.717) is 19.6 Å². The maximum atomic E-state index is 13.6. The molecule has 0 spiro atoms. The Morgan fingerprint density at radius 3 is 2.56 bits per heavy atom. The minimum Gasteiger partial charge on any atom is -0.381 e. The van der Waals surface area contributed by atoms with Crippen molar-refractivity contribution in [1.82, 2.24) is 5.32 Å². The summed E-state index contributed by atoms with van der Waals surface area (Å²) in [5, 5.41) is 3.44. The Hall–Kier alpha value is -1.52. The van der Waals surface area contributed by atoms with Gasteiger partial charge in [-0.2, -0.15) is 0 Å². The van der Waals surface area contributed by atoms with Gasteiger partial charge in [0.25, 0.3) is 5.92 Å². The molecule has 4 heteroatoms. The molecule has 0 fully saturated rings. The van der Waals surface area contributed by atoms with E-state index in [2.05, 4.69) is 29.6 Å². The van der Waals surface area contributed by atoms with Gasteiger partial charge in [0.1, 0.15) is 0 Å². The molecular weight excluding hydrogens is 320 g/mol.